The minimum absolute atomic E-state index is 0.0644. The zero-order chi connectivity index (χ0) is 15.7. The summed E-state index contributed by atoms with van der Waals surface area (Å²) in [7, 11) is 0. The molecule has 1 aromatic carbocycles. The predicted octanol–water partition coefficient (Wildman–Crippen LogP) is -0.849. The summed E-state index contributed by atoms with van der Waals surface area (Å²) in [5, 5.41) is 0. The molecule has 1 amide bonds. The van der Waals surface area contributed by atoms with Crippen molar-refractivity contribution in [3.63, 3.8) is 0 Å². The van der Waals surface area contributed by atoms with Crippen molar-refractivity contribution in [2.75, 3.05) is 36.8 Å². The first kappa shape index (κ1) is 14.2. The second-order valence-corrected chi connectivity index (χ2v) is 5.28. The van der Waals surface area contributed by atoms with Crippen LogP contribution in [0.5, 0.6) is 0 Å². The van der Waals surface area contributed by atoms with E-state index in [9.17, 15) is 14.4 Å². The van der Waals surface area contributed by atoms with Crippen LogP contribution in [0.2, 0.25) is 0 Å². The highest BCUT2D eigenvalue weighted by atomic mass is 16.2. The summed E-state index contributed by atoms with van der Waals surface area (Å²) in [6, 6.07) is 5.72. The number of hydrogen-bond acceptors (Lipinski definition) is 6. The summed E-state index contributed by atoms with van der Waals surface area (Å²) in [5.41, 5.74) is 4.24. The number of nitrogens with zero attached hydrogens (tertiary/aromatic N) is 3. The van der Waals surface area contributed by atoms with E-state index < -0.39 is 10.9 Å². The van der Waals surface area contributed by atoms with Crippen LogP contribution in [0.1, 0.15) is 5.56 Å². The fraction of sp³-hybridized carbons (Fsp3) is 0.333. The molecule has 3 rings (SSSR count). The van der Waals surface area contributed by atoms with E-state index in [0.29, 0.717) is 26.2 Å². The third-order valence-corrected chi connectivity index (χ3v) is 3.98. The minimum Gasteiger partial charge on any atom is -0.395 e. The van der Waals surface area contributed by atoms with E-state index in [1.54, 1.807) is 11.1 Å². The van der Waals surface area contributed by atoms with Crippen molar-refractivity contribution in [2.45, 2.75) is 6.42 Å². The topological polar surface area (TPSA) is 96.6 Å². The molecule has 0 spiro atoms. The number of nitrogen functional groups attached to an aromatic ring is 1. The van der Waals surface area contributed by atoms with Crippen molar-refractivity contribution in [2.24, 2.45) is 0 Å². The standard InChI is InChI=1S/C15H16N4O3/c16-13-10(14(21)15(13)22)9-12(20)19-7-5-18(6-8-19)11-3-1-2-4-17-11/h1-4H,5-9,16H2. The van der Waals surface area contributed by atoms with Gasteiger partial charge in [-0.15, -0.1) is 0 Å². The molecule has 0 bridgehead atoms. The number of hydrogen-bond donors (Lipinski definition) is 1. The summed E-state index contributed by atoms with van der Waals surface area (Å²) in [4.78, 5) is 42.7. The number of amides is 1. The Balaban J connectivity index is 1.59. The Kier molecular flexibility index (Phi) is 3.62. The molecule has 0 aliphatic carbocycles. The lowest BCUT2D eigenvalue weighted by atomic mass is 10.0. The zero-order valence-corrected chi connectivity index (χ0v) is 12.0. The van der Waals surface area contributed by atoms with Crippen LogP contribution in [0, 0.1) is 0 Å². The molecular formula is C15H16N4O3. The first-order chi connectivity index (χ1) is 10.6. The molecule has 0 unspecified atom stereocenters. The van der Waals surface area contributed by atoms with Gasteiger partial charge in [0.15, 0.2) is 0 Å². The Morgan fingerprint density at radius 2 is 1.86 bits per heavy atom. The highest BCUT2D eigenvalue weighted by Crippen LogP contribution is 2.13. The average Bonchev–Trinajstić information content (AvgIpc) is 2.59. The fourth-order valence-corrected chi connectivity index (χ4v) is 2.62. The number of rotatable bonds is 3. The zero-order valence-electron chi connectivity index (χ0n) is 12.0. The fourth-order valence-electron chi connectivity index (χ4n) is 2.62. The SMILES string of the molecule is Nc1c(CC(=O)N2CCN(c3ccccn3)CC2)c(=O)c1=O. The van der Waals surface area contributed by atoms with Gasteiger partial charge in [-0.05, 0) is 12.1 Å². The average molecular weight is 300 g/mol. The Bertz CT molecular complexity index is 757. The molecule has 22 heavy (non-hydrogen) atoms. The van der Waals surface area contributed by atoms with Gasteiger partial charge < -0.3 is 15.5 Å². The van der Waals surface area contributed by atoms with E-state index >= 15 is 0 Å². The molecule has 0 radical (unpaired) electrons. The predicted molar refractivity (Wildman–Crippen MR) is 82.5 cm³/mol. The van der Waals surface area contributed by atoms with Gasteiger partial charge in [0.1, 0.15) is 5.82 Å². The molecule has 7 heteroatoms. The Hall–Kier alpha value is -2.70. The van der Waals surface area contributed by atoms with Crippen molar-refractivity contribution in [3.8, 4) is 0 Å². The van der Waals surface area contributed by atoms with Crippen LogP contribution < -0.4 is 21.5 Å². The molecule has 2 aromatic rings. The van der Waals surface area contributed by atoms with Gasteiger partial charge >= 0.3 is 0 Å². The molecule has 1 fully saturated rings. The maximum atomic E-state index is 12.2. The number of anilines is 2. The molecule has 2 N–H and O–H groups in total. The lowest BCUT2D eigenvalue weighted by molar-refractivity contribution is -0.130. The van der Waals surface area contributed by atoms with Gasteiger partial charge in [-0.3, -0.25) is 14.4 Å². The van der Waals surface area contributed by atoms with E-state index in [4.69, 9.17) is 5.73 Å². The summed E-state index contributed by atoms with van der Waals surface area (Å²) in [5.74, 6) is 0.723. The van der Waals surface area contributed by atoms with Crippen molar-refractivity contribution >= 4 is 17.4 Å². The van der Waals surface area contributed by atoms with E-state index in [0.717, 1.165) is 5.82 Å². The summed E-state index contributed by atoms with van der Waals surface area (Å²) < 4.78 is 0. The summed E-state index contributed by atoms with van der Waals surface area (Å²) in [6.07, 6.45) is 1.65. The van der Waals surface area contributed by atoms with Gasteiger partial charge in [-0.25, -0.2) is 4.98 Å². The van der Waals surface area contributed by atoms with Crippen molar-refractivity contribution < 1.29 is 4.79 Å². The second-order valence-electron chi connectivity index (χ2n) is 5.28. The number of aromatic nitrogens is 1. The van der Waals surface area contributed by atoms with Gasteiger partial charge in [-0.1, -0.05) is 6.07 Å². The molecule has 0 saturated carbocycles. The first-order valence-corrected chi connectivity index (χ1v) is 7.09. The van der Waals surface area contributed by atoms with Crippen LogP contribution >= 0.6 is 0 Å². The van der Waals surface area contributed by atoms with Crippen LogP contribution in [-0.2, 0) is 11.2 Å². The molecule has 7 nitrogen and oxygen atoms in total. The monoisotopic (exact) mass is 300 g/mol. The lowest BCUT2D eigenvalue weighted by Crippen LogP contribution is -2.50. The van der Waals surface area contributed by atoms with Crippen LogP contribution in [-0.4, -0.2) is 42.0 Å². The molecule has 2 heterocycles. The smallest absolute Gasteiger partial charge is 0.249 e. The van der Waals surface area contributed by atoms with Crippen LogP contribution in [0.25, 0.3) is 0 Å². The number of nitrogens with two attached hydrogens (primary N) is 1. The van der Waals surface area contributed by atoms with E-state index in [1.807, 2.05) is 18.2 Å². The number of piperazine rings is 1. The molecule has 1 saturated heterocycles. The van der Waals surface area contributed by atoms with Gasteiger partial charge in [0.2, 0.25) is 16.8 Å². The van der Waals surface area contributed by atoms with E-state index in [1.165, 1.54) is 0 Å². The van der Waals surface area contributed by atoms with Crippen LogP contribution in [0.15, 0.2) is 34.0 Å². The van der Waals surface area contributed by atoms with E-state index in [2.05, 4.69) is 9.88 Å². The van der Waals surface area contributed by atoms with Crippen LogP contribution in [0.4, 0.5) is 11.5 Å². The number of carbonyl (C=O) groups excluding carboxylic acids is 1. The number of pyridine rings is 1. The van der Waals surface area contributed by atoms with Crippen LogP contribution in [0.3, 0.4) is 0 Å². The third kappa shape index (κ3) is 2.45. The molecule has 1 aromatic heterocycles. The summed E-state index contributed by atoms with van der Waals surface area (Å²) >= 11 is 0. The maximum Gasteiger partial charge on any atom is 0.249 e. The first-order valence-electron chi connectivity index (χ1n) is 7.09. The molecule has 1 aliphatic rings. The molecule has 114 valence electrons. The van der Waals surface area contributed by atoms with Crippen molar-refractivity contribution in [1.29, 1.82) is 0 Å². The Morgan fingerprint density at radius 1 is 1.14 bits per heavy atom. The Morgan fingerprint density at radius 3 is 2.45 bits per heavy atom. The van der Waals surface area contributed by atoms with Crippen molar-refractivity contribution in [1.82, 2.24) is 9.88 Å². The lowest BCUT2D eigenvalue weighted by Gasteiger charge is -2.35. The van der Waals surface area contributed by atoms with Gasteiger partial charge in [0.05, 0.1) is 12.1 Å². The normalized spacial score (nSPS) is 15.3. The molecule has 0 atom stereocenters. The van der Waals surface area contributed by atoms with Gasteiger partial charge in [-0.2, -0.15) is 0 Å². The molecular weight excluding hydrogens is 284 g/mol. The highest BCUT2D eigenvalue weighted by molar-refractivity contribution is 5.81. The highest BCUT2D eigenvalue weighted by Gasteiger charge is 2.26. The van der Waals surface area contributed by atoms with Gasteiger partial charge in [0.25, 0.3) is 0 Å². The second kappa shape index (κ2) is 5.59. The van der Waals surface area contributed by atoms with Crippen molar-refractivity contribution in [3.05, 3.63) is 50.4 Å². The quantitative estimate of drug-likeness (QED) is 0.742. The summed E-state index contributed by atoms with van der Waals surface area (Å²) in [6.45, 7) is 2.49. The maximum absolute atomic E-state index is 12.2. The Labute approximate surface area is 126 Å². The molecule has 1 aliphatic heterocycles. The van der Waals surface area contributed by atoms with Gasteiger partial charge in [0, 0.05) is 37.9 Å². The minimum atomic E-state index is -0.678. The van der Waals surface area contributed by atoms with E-state index in [-0.39, 0.29) is 23.6 Å². The largest absolute Gasteiger partial charge is 0.395 e. The number of carbonyl (C=O) groups is 1. The third-order valence-electron chi connectivity index (χ3n) is 3.98.